The zero-order valence-electron chi connectivity index (χ0n) is 20.1. The molecule has 188 valence electrons. The van der Waals surface area contributed by atoms with E-state index in [4.69, 9.17) is 0 Å². The van der Waals surface area contributed by atoms with Crippen LogP contribution < -0.4 is 20.9 Å². The van der Waals surface area contributed by atoms with Gasteiger partial charge in [-0.25, -0.2) is 0 Å². The Morgan fingerprint density at radius 1 is 0.811 bits per heavy atom. The third-order valence-electron chi connectivity index (χ3n) is 7.61. The van der Waals surface area contributed by atoms with Crippen LogP contribution in [-0.2, 0) is 26.4 Å². The lowest BCUT2D eigenvalue weighted by Crippen LogP contribution is -2.66. The fourth-order valence-corrected chi connectivity index (χ4v) is 5.81. The quantitative estimate of drug-likeness (QED) is 0.431. The molecule has 3 aliphatic rings. The summed E-state index contributed by atoms with van der Waals surface area (Å²) in [7, 11) is 0. The number of anilines is 1. The molecular weight excluding hydrogens is 468 g/mol. The first-order valence-electron chi connectivity index (χ1n) is 12.5. The van der Waals surface area contributed by atoms with Crippen LogP contribution in [0, 0.1) is 0 Å². The van der Waals surface area contributed by atoms with Crippen molar-refractivity contribution in [3.8, 4) is 0 Å². The van der Waals surface area contributed by atoms with E-state index >= 15 is 0 Å². The summed E-state index contributed by atoms with van der Waals surface area (Å²) < 4.78 is 0. The van der Waals surface area contributed by atoms with Crippen LogP contribution in [0.25, 0.3) is 0 Å². The fraction of sp³-hybridized carbons (Fsp3) is 0.276. The van der Waals surface area contributed by atoms with E-state index in [0.717, 1.165) is 11.1 Å². The molecule has 6 rings (SSSR count). The number of rotatable bonds is 5. The zero-order chi connectivity index (χ0) is 25.6. The number of amides is 3. The van der Waals surface area contributed by atoms with Gasteiger partial charge in [-0.3, -0.25) is 24.6 Å². The Hall–Kier alpha value is -4.01. The lowest BCUT2D eigenvalue weighted by Gasteiger charge is -2.43. The van der Waals surface area contributed by atoms with Gasteiger partial charge in [0.05, 0.1) is 5.69 Å². The Labute approximate surface area is 214 Å². The number of carbonyl (C=O) groups excluding carboxylic acids is 3. The van der Waals surface area contributed by atoms with E-state index in [9.17, 15) is 19.5 Å². The molecule has 8 heteroatoms. The Kier molecular flexibility index (Phi) is 5.78. The van der Waals surface area contributed by atoms with Gasteiger partial charge in [0.1, 0.15) is 23.9 Å². The molecule has 0 radical (unpaired) electrons. The Balaban J connectivity index is 1.27. The van der Waals surface area contributed by atoms with Crippen molar-refractivity contribution in [3.63, 3.8) is 0 Å². The van der Waals surface area contributed by atoms with Gasteiger partial charge < -0.3 is 15.7 Å². The molecule has 4 N–H and O–H groups in total. The number of hydrogen-bond donors (Lipinski definition) is 4. The van der Waals surface area contributed by atoms with Gasteiger partial charge in [0.15, 0.2) is 0 Å². The topological polar surface area (TPSA) is 111 Å². The van der Waals surface area contributed by atoms with Crippen molar-refractivity contribution in [2.45, 2.75) is 49.2 Å². The van der Waals surface area contributed by atoms with Gasteiger partial charge in [-0.05, 0) is 17.2 Å². The molecule has 8 nitrogen and oxygen atoms in total. The van der Waals surface area contributed by atoms with Crippen molar-refractivity contribution in [3.05, 3.63) is 102 Å². The monoisotopic (exact) mass is 496 g/mol. The maximum atomic E-state index is 13.4. The van der Waals surface area contributed by atoms with E-state index in [1.54, 1.807) is 23.1 Å². The molecule has 0 unspecified atom stereocenters. The van der Waals surface area contributed by atoms with Gasteiger partial charge in [0.25, 0.3) is 0 Å². The molecule has 0 aromatic heterocycles. The summed E-state index contributed by atoms with van der Waals surface area (Å²) in [6.45, 7) is 0. The average Bonchev–Trinajstić information content (AvgIpc) is 3.17. The number of aliphatic hydroxyl groups is 1. The van der Waals surface area contributed by atoms with Crippen molar-refractivity contribution in [1.82, 2.24) is 16.0 Å². The lowest BCUT2D eigenvalue weighted by atomic mass is 9.84. The van der Waals surface area contributed by atoms with Gasteiger partial charge in [-0.15, -0.1) is 0 Å². The van der Waals surface area contributed by atoms with Crippen LogP contribution in [0.3, 0.4) is 0 Å². The highest BCUT2D eigenvalue weighted by atomic mass is 16.3. The van der Waals surface area contributed by atoms with E-state index in [0.29, 0.717) is 17.7 Å². The molecule has 3 amide bonds. The summed E-state index contributed by atoms with van der Waals surface area (Å²) >= 11 is 0. The minimum atomic E-state index is -1.60. The highest BCUT2D eigenvalue weighted by Crippen LogP contribution is 2.48. The second-order valence-electron chi connectivity index (χ2n) is 9.96. The molecule has 3 aliphatic heterocycles. The standard InChI is InChI=1S/C29H28N4O4/c34-25-16-21(19-11-5-2-6-12-19)32-28-29(37,20-13-7-8-14-24(20)33(25)28)17-23-27(36)30-22(26(35)31-23)15-18-9-3-1-4-10-18/h1-14,21-23,28,32,37H,15-17H2,(H,30,36)(H,31,35)/t21-,22-,23-,28+,29+/m0/s1. The first kappa shape index (κ1) is 23.4. The number of carbonyl (C=O) groups is 3. The molecule has 0 aliphatic carbocycles. The van der Waals surface area contributed by atoms with Crippen LogP contribution in [0.2, 0.25) is 0 Å². The van der Waals surface area contributed by atoms with Crippen LogP contribution >= 0.6 is 0 Å². The van der Waals surface area contributed by atoms with E-state index in [1.165, 1.54) is 0 Å². The van der Waals surface area contributed by atoms with Crippen LogP contribution in [0.1, 0.15) is 35.6 Å². The second kappa shape index (κ2) is 9.14. The first-order valence-corrected chi connectivity index (χ1v) is 12.5. The van der Waals surface area contributed by atoms with E-state index in [1.807, 2.05) is 66.7 Å². The molecular formula is C29H28N4O4. The Bertz CT molecular complexity index is 1350. The van der Waals surface area contributed by atoms with Crippen molar-refractivity contribution in [1.29, 1.82) is 0 Å². The molecule has 5 atom stereocenters. The molecule has 2 saturated heterocycles. The van der Waals surface area contributed by atoms with E-state index < -0.39 is 23.9 Å². The summed E-state index contributed by atoms with van der Waals surface area (Å²) in [6.07, 6.45) is -0.248. The molecule has 2 fully saturated rings. The molecule has 0 bridgehead atoms. The Morgan fingerprint density at radius 3 is 2.19 bits per heavy atom. The predicted molar refractivity (Wildman–Crippen MR) is 137 cm³/mol. The number of piperazine rings is 1. The summed E-state index contributed by atoms with van der Waals surface area (Å²) in [5, 5.41) is 21.3. The smallest absolute Gasteiger partial charge is 0.243 e. The fourth-order valence-electron chi connectivity index (χ4n) is 5.81. The van der Waals surface area contributed by atoms with Gasteiger partial charge in [0, 0.05) is 30.9 Å². The minimum Gasteiger partial charge on any atom is -0.381 e. The molecule has 3 heterocycles. The van der Waals surface area contributed by atoms with Crippen LogP contribution in [0.15, 0.2) is 84.9 Å². The van der Waals surface area contributed by atoms with E-state index in [2.05, 4.69) is 16.0 Å². The summed E-state index contributed by atoms with van der Waals surface area (Å²) in [5.41, 5.74) is 1.46. The molecule has 3 aromatic rings. The van der Waals surface area contributed by atoms with E-state index in [-0.39, 0.29) is 36.6 Å². The van der Waals surface area contributed by atoms with Crippen molar-refractivity contribution in [2.75, 3.05) is 4.90 Å². The summed E-state index contributed by atoms with van der Waals surface area (Å²) in [4.78, 5) is 41.1. The van der Waals surface area contributed by atoms with Crippen molar-refractivity contribution in [2.24, 2.45) is 0 Å². The SMILES string of the molecule is O=C1N[C@@H](C[C@@]2(O)c3ccccc3N3C(=O)C[C@@H](c4ccccc4)N[C@H]32)C(=O)N[C@H]1Cc1ccccc1. The summed E-state index contributed by atoms with van der Waals surface area (Å²) in [5.74, 6) is -0.761. The number of fused-ring (bicyclic) bond motifs is 3. The maximum Gasteiger partial charge on any atom is 0.243 e. The normalized spacial score (nSPS) is 28.8. The number of nitrogens with one attached hydrogen (secondary N) is 3. The van der Waals surface area contributed by atoms with Gasteiger partial charge in [0.2, 0.25) is 17.7 Å². The van der Waals surface area contributed by atoms with Gasteiger partial charge in [-0.2, -0.15) is 0 Å². The first-order chi connectivity index (χ1) is 17.9. The largest absolute Gasteiger partial charge is 0.381 e. The number of hydrogen-bond acceptors (Lipinski definition) is 5. The Morgan fingerprint density at radius 2 is 1.43 bits per heavy atom. The maximum absolute atomic E-state index is 13.4. The number of para-hydroxylation sites is 1. The second-order valence-corrected chi connectivity index (χ2v) is 9.96. The average molecular weight is 497 g/mol. The van der Waals surface area contributed by atoms with Crippen molar-refractivity contribution < 1.29 is 19.5 Å². The predicted octanol–water partition coefficient (Wildman–Crippen LogP) is 1.90. The third kappa shape index (κ3) is 4.08. The molecule has 37 heavy (non-hydrogen) atoms. The third-order valence-corrected chi connectivity index (χ3v) is 7.61. The van der Waals surface area contributed by atoms with Crippen LogP contribution in [-0.4, -0.2) is 41.1 Å². The summed E-state index contributed by atoms with van der Waals surface area (Å²) in [6, 6.07) is 24.4. The van der Waals surface area contributed by atoms with Crippen LogP contribution in [0.4, 0.5) is 5.69 Å². The highest BCUT2D eigenvalue weighted by molar-refractivity contribution is 5.99. The zero-order valence-corrected chi connectivity index (χ0v) is 20.1. The lowest BCUT2D eigenvalue weighted by molar-refractivity contribution is -0.139. The minimum absolute atomic E-state index is 0.0808. The highest BCUT2D eigenvalue weighted by Gasteiger charge is 2.56. The molecule has 3 aromatic carbocycles. The molecule has 0 spiro atoms. The number of nitrogens with zero attached hydrogens (tertiary/aromatic N) is 1. The van der Waals surface area contributed by atoms with Crippen molar-refractivity contribution >= 4 is 23.4 Å². The molecule has 0 saturated carbocycles. The number of benzene rings is 3. The van der Waals surface area contributed by atoms with Gasteiger partial charge in [-0.1, -0.05) is 78.9 Å². The van der Waals surface area contributed by atoms with Crippen LogP contribution in [0.5, 0.6) is 0 Å². The van der Waals surface area contributed by atoms with Gasteiger partial charge >= 0.3 is 0 Å².